The van der Waals surface area contributed by atoms with Crippen molar-refractivity contribution in [2.75, 3.05) is 38.0 Å². The largest absolute Gasteiger partial charge is 0.339 e. The molecule has 1 amide bonds. The molecule has 2 aliphatic rings. The fraction of sp³-hybridized carbons (Fsp3) is 0.367. The molecule has 7 heteroatoms. The number of piperazine rings is 1. The van der Waals surface area contributed by atoms with Crippen molar-refractivity contribution in [2.45, 2.75) is 39.0 Å². The molecule has 2 aromatic carbocycles. The highest BCUT2D eigenvalue weighted by molar-refractivity contribution is 5.91. The number of rotatable bonds is 6. The molecule has 0 atom stereocenters. The zero-order chi connectivity index (χ0) is 25.6. The molecule has 0 spiro atoms. The second kappa shape index (κ2) is 9.30. The summed E-state index contributed by atoms with van der Waals surface area (Å²) >= 11 is 0. The maximum absolute atomic E-state index is 13.5. The molecule has 0 radical (unpaired) electrons. The normalized spacial score (nSPS) is 17.2. The standard InChI is InChI=1S/C30H34N6O/c1-4-34-15-17-35(18-16-34)28(37)30(12-13-30)24-6-9-26(10-7-24)36-14-11-23-20-31-29(33-27(23)36)32-25-8-5-21(2)22(3)19-25/h5-11,14,19-20H,4,12-13,15-18H2,1-3H3,(H,31,32,33). The molecule has 1 aliphatic heterocycles. The summed E-state index contributed by atoms with van der Waals surface area (Å²) in [5, 5.41) is 4.32. The fourth-order valence-electron chi connectivity index (χ4n) is 5.40. The van der Waals surface area contributed by atoms with Crippen LogP contribution in [0.5, 0.6) is 0 Å². The van der Waals surface area contributed by atoms with E-state index in [1.165, 1.54) is 11.1 Å². The third kappa shape index (κ3) is 4.37. The van der Waals surface area contributed by atoms with E-state index in [1.807, 2.05) is 24.5 Å². The number of carbonyl (C=O) groups is 1. The van der Waals surface area contributed by atoms with Gasteiger partial charge in [0.05, 0.1) is 5.41 Å². The first-order valence-electron chi connectivity index (χ1n) is 13.3. The van der Waals surface area contributed by atoms with Gasteiger partial charge in [-0.1, -0.05) is 25.1 Å². The van der Waals surface area contributed by atoms with Crippen LogP contribution in [0.25, 0.3) is 16.7 Å². The number of anilines is 2. The molecule has 7 nitrogen and oxygen atoms in total. The number of aryl methyl sites for hydroxylation is 2. The molecule has 37 heavy (non-hydrogen) atoms. The van der Waals surface area contributed by atoms with Crippen molar-refractivity contribution in [3.8, 4) is 5.69 Å². The minimum absolute atomic E-state index is 0.303. The Hall–Kier alpha value is -3.71. The molecule has 1 N–H and O–H groups in total. The summed E-state index contributed by atoms with van der Waals surface area (Å²) in [6, 6.07) is 16.8. The van der Waals surface area contributed by atoms with Crippen molar-refractivity contribution in [2.24, 2.45) is 0 Å². The molecule has 1 aliphatic carbocycles. The second-order valence-corrected chi connectivity index (χ2v) is 10.4. The molecular formula is C30H34N6O. The van der Waals surface area contributed by atoms with Gasteiger partial charge in [-0.05, 0) is 80.3 Å². The highest BCUT2D eigenvalue weighted by Crippen LogP contribution is 2.50. The Labute approximate surface area is 218 Å². The number of likely N-dealkylation sites (N-methyl/N-ethyl adjacent to an activating group) is 1. The molecule has 190 valence electrons. The molecule has 6 rings (SSSR count). The number of benzene rings is 2. The molecule has 1 saturated carbocycles. The van der Waals surface area contributed by atoms with Gasteiger partial charge in [-0.15, -0.1) is 0 Å². The van der Waals surface area contributed by atoms with E-state index in [2.05, 4.69) is 81.8 Å². The topological polar surface area (TPSA) is 66.3 Å². The number of amides is 1. The second-order valence-electron chi connectivity index (χ2n) is 10.4. The van der Waals surface area contributed by atoms with Crippen molar-refractivity contribution in [1.82, 2.24) is 24.3 Å². The molecule has 2 fully saturated rings. The summed E-state index contributed by atoms with van der Waals surface area (Å²) in [5.41, 5.74) is 6.12. The van der Waals surface area contributed by atoms with Crippen molar-refractivity contribution in [3.63, 3.8) is 0 Å². The van der Waals surface area contributed by atoms with Crippen LogP contribution in [0.15, 0.2) is 60.9 Å². The SMILES string of the molecule is CCN1CCN(C(=O)C2(c3ccc(-n4ccc5cnc(Nc6ccc(C)c(C)c6)nc54)cc3)CC2)CC1. The van der Waals surface area contributed by atoms with Crippen LogP contribution in [0.1, 0.15) is 36.5 Å². The van der Waals surface area contributed by atoms with Crippen molar-refractivity contribution in [1.29, 1.82) is 0 Å². The van der Waals surface area contributed by atoms with Gasteiger partial charge in [-0.3, -0.25) is 4.79 Å². The first-order valence-corrected chi connectivity index (χ1v) is 13.3. The van der Waals surface area contributed by atoms with Gasteiger partial charge in [-0.2, -0.15) is 4.98 Å². The van der Waals surface area contributed by atoms with Gasteiger partial charge in [0.15, 0.2) is 0 Å². The highest BCUT2D eigenvalue weighted by atomic mass is 16.2. The number of hydrogen-bond donors (Lipinski definition) is 1. The van der Waals surface area contributed by atoms with Crippen LogP contribution in [-0.2, 0) is 10.2 Å². The highest BCUT2D eigenvalue weighted by Gasteiger charge is 2.53. The lowest BCUT2D eigenvalue weighted by Gasteiger charge is -2.36. The molecular weight excluding hydrogens is 460 g/mol. The van der Waals surface area contributed by atoms with E-state index in [0.717, 1.165) is 73.5 Å². The Morgan fingerprint density at radius 3 is 2.41 bits per heavy atom. The van der Waals surface area contributed by atoms with Gasteiger partial charge in [0, 0.05) is 55.3 Å². The van der Waals surface area contributed by atoms with Gasteiger partial charge in [0.1, 0.15) is 5.65 Å². The lowest BCUT2D eigenvalue weighted by molar-refractivity contribution is -0.135. The van der Waals surface area contributed by atoms with Gasteiger partial charge in [0.2, 0.25) is 11.9 Å². The molecule has 3 heterocycles. The van der Waals surface area contributed by atoms with E-state index in [-0.39, 0.29) is 5.41 Å². The third-order valence-electron chi connectivity index (χ3n) is 8.15. The Bertz CT molecular complexity index is 1440. The van der Waals surface area contributed by atoms with Crippen molar-refractivity contribution in [3.05, 3.63) is 77.6 Å². The number of aromatic nitrogens is 3. The molecule has 0 bridgehead atoms. The molecule has 0 unspecified atom stereocenters. The monoisotopic (exact) mass is 494 g/mol. The molecule has 1 saturated heterocycles. The summed E-state index contributed by atoms with van der Waals surface area (Å²) in [5.74, 6) is 0.871. The maximum Gasteiger partial charge on any atom is 0.233 e. The fourth-order valence-corrected chi connectivity index (χ4v) is 5.40. The van der Waals surface area contributed by atoms with E-state index >= 15 is 0 Å². The third-order valence-corrected chi connectivity index (χ3v) is 8.15. The first-order chi connectivity index (χ1) is 18.0. The maximum atomic E-state index is 13.5. The van der Waals surface area contributed by atoms with Crippen LogP contribution in [0.3, 0.4) is 0 Å². The predicted octanol–water partition coefficient (Wildman–Crippen LogP) is 4.98. The van der Waals surface area contributed by atoms with Crippen LogP contribution in [0.4, 0.5) is 11.6 Å². The Morgan fingerprint density at radius 1 is 0.973 bits per heavy atom. The number of nitrogens with zero attached hydrogens (tertiary/aromatic N) is 5. The van der Waals surface area contributed by atoms with Crippen molar-refractivity contribution < 1.29 is 4.79 Å². The number of hydrogen-bond acceptors (Lipinski definition) is 5. The summed E-state index contributed by atoms with van der Waals surface area (Å²) < 4.78 is 2.08. The van der Waals surface area contributed by atoms with Gasteiger partial charge >= 0.3 is 0 Å². The van der Waals surface area contributed by atoms with Crippen LogP contribution in [0, 0.1) is 13.8 Å². The van der Waals surface area contributed by atoms with E-state index in [1.54, 1.807) is 0 Å². The van der Waals surface area contributed by atoms with E-state index in [4.69, 9.17) is 4.98 Å². The van der Waals surface area contributed by atoms with Gasteiger partial charge in [0.25, 0.3) is 0 Å². The van der Waals surface area contributed by atoms with E-state index in [9.17, 15) is 4.79 Å². The lowest BCUT2D eigenvalue weighted by atomic mass is 9.93. The predicted molar refractivity (Wildman–Crippen MR) is 148 cm³/mol. The minimum Gasteiger partial charge on any atom is -0.339 e. The summed E-state index contributed by atoms with van der Waals surface area (Å²) in [7, 11) is 0. The quantitative estimate of drug-likeness (QED) is 0.410. The average molecular weight is 495 g/mol. The smallest absolute Gasteiger partial charge is 0.233 e. The average Bonchev–Trinajstić information content (AvgIpc) is 3.64. The molecule has 4 aromatic rings. The van der Waals surface area contributed by atoms with E-state index < -0.39 is 0 Å². The minimum atomic E-state index is -0.336. The Kier molecular flexibility index (Phi) is 5.95. The van der Waals surface area contributed by atoms with Crippen molar-refractivity contribution >= 4 is 28.6 Å². The molecule has 2 aromatic heterocycles. The lowest BCUT2D eigenvalue weighted by Crippen LogP contribution is -2.51. The van der Waals surface area contributed by atoms with Crippen LogP contribution in [-0.4, -0.2) is 63.0 Å². The van der Waals surface area contributed by atoms with E-state index in [0.29, 0.717) is 11.9 Å². The Balaban J connectivity index is 1.23. The number of nitrogens with one attached hydrogen (secondary N) is 1. The van der Waals surface area contributed by atoms with Crippen LogP contribution < -0.4 is 5.32 Å². The first kappa shape index (κ1) is 23.7. The zero-order valence-corrected chi connectivity index (χ0v) is 21.9. The number of fused-ring (bicyclic) bond motifs is 1. The summed E-state index contributed by atoms with van der Waals surface area (Å²) in [4.78, 5) is 27.3. The summed E-state index contributed by atoms with van der Waals surface area (Å²) in [6.45, 7) is 11.1. The summed E-state index contributed by atoms with van der Waals surface area (Å²) in [6.07, 6.45) is 5.75. The van der Waals surface area contributed by atoms with Crippen LogP contribution >= 0.6 is 0 Å². The number of carbonyl (C=O) groups excluding carboxylic acids is 1. The van der Waals surface area contributed by atoms with Gasteiger partial charge < -0.3 is 19.7 Å². The van der Waals surface area contributed by atoms with Gasteiger partial charge in [-0.25, -0.2) is 4.98 Å². The Morgan fingerprint density at radius 2 is 1.73 bits per heavy atom. The van der Waals surface area contributed by atoms with Crippen LogP contribution in [0.2, 0.25) is 0 Å². The zero-order valence-electron chi connectivity index (χ0n) is 21.9.